The molecule has 0 spiro atoms. The van der Waals surface area contributed by atoms with E-state index in [0.717, 1.165) is 0 Å². The van der Waals surface area contributed by atoms with Gasteiger partial charge in [-0.3, -0.25) is 0 Å². The van der Waals surface area contributed by atoms with Crippen LogP contribution in [0.5, 0.6) is 0 Å². The molecule has 24 valence electrons. The summed E-state index contributed by atoms with van der Waals surface area (Å²) in [6.45, 7) is 0. The zero-order chi connectivity index (χ0) is 3.54. The maximum absolute atomic E-state index is 4.08. The van der Waals surface area contributed by atoms with Crippen LogP contribution in [0.15, 0.2) is 11.6 Å². The van der Waals surface area contributed by atoms with E-state index in [-0.39, 0.29) is 0 Å². The summed E-state index contributed by atoms with van der Waals surface area (Å²) in [6, 6.07) is 0. The van der Waals surface area contributed by atoms with Gasteiger partial charge in [-0.15, -0.1) is 0 Å². The van der Waals surface area contributed by atoms with Crippen LogP contribution in [0, 0.1) is 0 Å². The first kappa shape index (κ1) is 3.93. The molecule has 0 fully saturated rings. The van der Waals surface area contributed by atoms with Gasteiger partial charge in [0.05, 0.1) is 0 Å². The molecule has 3 heteroatoms. The second-order valence-electron chi connectivity index (χ2n) is 0.688. The van der Waals surface area contributed by atoms with Crippen LogP contribution in [0.1, 0.15) is 0 Å². The van der Waals surface area contributed by atoms with Gasteiger partial charge in [-0.2, -0.15) is 0 Å². The first-order valence-electron chi connectivity index (χ1n) is 1.34. The number of hydrogen-bond donors (Lipinski definition) is 0. The second kappa shape index (κ2) is 2.03. The minimum atomic E-state index is -0.401. The van der Waals surface area contributed by atoms with Crippen molar-refractivity contribution in [3.8, 4) is 0 Å². The zero-order valence-corrected chi connectivity index (χ0v) is 6.70. The minimum absolute atomic E-state index is 0.401. The Labute approximate surface area is 46.3 Å². The summed E-state index contributed by atoms with van der Waals surface area (Å²) in [6.07, 6.45) is 0. The molecule has 0 amide bonds. The van der Waals surface area contributed by atoms with Crippen LogP contribution in [0.4, 0.5) is 0 Å². The normalized spacial score (nSPS) is 16.0. The molecule has 0 bridgehead atoms. The Morgan fingerprint density at radius 1 is 1.80 bits per heavy atom. The Morgan fingerprint density at radius 2 is 2.80 bits per heavy atom. The van der Waals surface area contributed by atoms with E-state index in [9.17, 15) is 0 Å². The van der Waals surface area contributed by atoms with Crippen molar-refractivity contribution in [1.82, 2.24) is 0 Å². The average molecular weight is 187 g/mol. The van der Waals surface area contributed by atoms with E-state index >= 15 is 0 Å². The molecule has 1 aliphatic heterocycles. The number of rotatable bonds is 0. The van der Waals surface area contributed by atoms with E-state index in [1.807, 2.05) is 0 Å². The fourth-order valence-corrected chi connectivity index (χ4v) is 3.54. The van der Waals surface area contributed by atoms with E-state index < -0.39 is 22.7 Å². The molecule has 0 aliphatic carbocycles. The molecular weight excluding hydrogens is 185 g/mol. The van der Waals surface area contributed by atoms with Crippen molar-refractivity contribution in [3.05, 3.63) is 9.24 Å². The van der Waals surface area contributed by atoms with E-state index in [4.69, 9.17) is 0 Å². The third-order valence-electron chi connectivity index (χ3n) is 0.347. The Bertz CT molecular complexity index is 67.7. The third-order valence-corrected chi connectivity index (χ3v) is 4.79. The summed E-state index contributed by atoms with van der Waals surface area (Å²) in [5, 5.41) is 2.07. The number of nitrogens with zero attached hydrogens (tertiary/aromatic N) is 1. The standard InChI is InChI=1S/C2H2NS.In/c1-2-4-3;/h1-2H;. The van der Waals surface area contributed by atoms with Crippen molar-refractivity contribution in [2.75, 3.05) is 0 Å². The Kier molecular flexibility index (Phi) is 1.60. The van der Waals surface area contributed by atoms with Gasteiger partial charge in [0.1, 0.15) is 0 Å². The van der Waals surface area contributed by atoms with Crippen LogP contribution in [-0.4, -0.2) is 22.7 Å². The summed E-state index contributed by atoms with van der Waals surface area (Å²) in [7, 11) is 0. The van der Waals surface area contributed by atoms with E-state index in [1.165, 1.54) is 0 Å². The molecule has 0 aromatic carbocycles. The van der Waals surface area contributed by atoms with Crippen LogP contribution >= 0.6 is 11.9 Å². The first-order chi connectivity index (χ1) is 2.50. The first-order valence-corrected chi connectivity index (χ1v) is 5.56. The Balaban J connectivity index is 2.61. The molecule has 0 saturated carbocycles. The van der Waals surface area contributed by atoms with Gasteiger partial charge in [0.2, 0.25) is 0 Å². The Morgan fingerprint density at radius 3 is 3.00 bits per heavy atom. The van der Waals surface area contributed by atoms with Crippen molar-refractivity contribution in [2.45, 2.75) is 0 Å². The van der Waals surface area contributed by atoms with E-state index in [1.54, 1.807) is 11.9 Å². The van der Waals surface area contributed by atoms with Crippen molar-refractivity contribution in [2.24, 2.45) is 2.32 Å². The predicted octanol–water partition coefficient (Wildman–Crippen LogP) is 1.01. The topological polar surface area (TPSA) is 12.4 Å². The quantitative estimate of drug-likeness (QED) is 0.515. The Hall–Kier alpha value is 0.760. The molecule has 1 nitrogen and oxygen atoms in total. The average Bonchev–Trinajstić information content (AvgIpc) is 1.76. The van der Waals surface area contributed by atoms with E-state index in [0.29, 0.717) is 0 Å². The second-order valence-corrected chi connectivity index (χ2v) is 5.14. The predicted molar refractivity (Wildman–Crippen MR) is 24.9 cm³/mol. The van der Waals surface area contributed by atoms with Gasteiger partial charge in [-0.05, 0) is 0 Å². The summed E-state index contributed by atoms with van der Waals surface area (Å²) >= 11 is 1.20. The summed E-state index contributed by atoms with van der Waals surface area (Å²) in [5.41, 5.74) is 0. The molecule has 0 N–H and O–H groups in total. The summed E-state index contributed by atoms with van der Waals surface area (Å²) < 4.78 is 6.30. The van der Waals surface area contributed by atoms with Crippen molar-refractivity contribution >= 4 is 34.7 Å². The van der Waals surface area contributed by atoms with Crippen LogP contribution in [0.25, 0.3) is 0 Å². The number of hydrogen-bond acceptors (Lipinski definition) is 2. The van der Waals surface area contributed by atoms with Crippen molar-refractivity contribution in [3.63, 3.8) is 0 Å². The van der Waals surface area contributed by atoms with Crippen LogP contribution in [-0.2, 0) is 0 Å². The molecule has 5 heavy (non-hydrogen) atoms. The third kappa shape index (κ3) is 1.09. The maximum atomic E-state index is 4.08. The van der Waals surface area contributed by atoms with Crippen LogP contribution in [0.3, 0.4) is 0 Å². The van der Waals surface area contributed by atoms with Gasteiger partial charge < -0.3 is 0 Å². The van der Waals surface area contributed by atoms with Gasteiger partial charge in [0.15, 0.2) is 0 Å². The monoisotopic (exact) mass is 187 g/mol. The molecule has 1 rings (SSSR count). The molecule has 0 saturated heterocycles. The fourth-order valence-electron chi connectivity index (χ4n) is 0.176. The SMILES string of the molecule is C1=[CH][In]=[N]S1. The van der Waals surface area contributed by atoms with Gasteiger partial charge in [-0.25, -0.2) is 0 Å². The van der Waals surface area contributed by atoms with Gasteiger partial charge in [0, 0.05) is 0 Å². The fraction of sp³-hybridized carbons (Fsp3) is 0. The molecule has 0 aromatic rings. The molecule has 0 aromatic heterocycles. The van der Waals surface area contributed by atoms with Gasteiger partial charge in [0.25, 0.3) is 0 Å². The molecule has 0 radical (unpaired) electrons. The molecule has 0 unspecified atom stereocenters. The van der Waals surface area contributed by atoms with Crippen molar-refractivity contribution < 1.29 is 0 Å². The summed E-state index contributed by atoms with van der Waals surface area (Å²) in [5.74, 6) is 0. The van der Waals surface area contributed by atoms with Crippen LogP contribution in [0.2, 0.25) is 0 Å². The zero-order valence-electron chi connectivity index (χ0n) is 2.59. The molecule has 1 aliphatic rings. The van der Waals surface area contributed by atoms with Gasteiger partial charge >= 0.3 is 46.3 Å². The summed E-state index contributed by atoms with van der Waals surface area (Å²) in [4.78, 5) is 0. The van der Waals surface area contributed by atoms with Gasteiger partial charge in [-0.1, -0.05) is 0 Å². The van der Waals surface area contributed by atoms with Crippen LogP contribution < -0.4 is 0 Å². The molecule has 1 heterocycles. The van der Waals surface area contributed by atoms with Crippen molar-refractivity contribution in [1.29, 1.82) is 0 Å². The van der Waals surface area contributed by atoms with E-state index in [2.05, 4.69) is 11.6 Å². The molecule has 0 atom stereocenters. The molecular formula is C2H2InNS.